The molecule has 0 unspecified atom stereocenters. The van der Waals surface area contributed by atoms with Crippen molar-refractivity contribution in [3.05, 3.63) is 0 Å². The molecule has 2 aliphatic heterocycles. The van der Waals surface area contributed by atoms with Gasteiger partial charge in [-0.2, -0.15) is 0 Å². The molecule has 0 saturated carbocycles. The van der Waals surface area contributed by atoms with E-state index in [1.54, 1.807) is 0 Å². The Balaban J connectivity index is 1.87. The largest absolute Gasteiger partial charge is 0.316 e. The van der Waals surface area contributed by atoms with E-state index in [4.69, 9.17) is 0 Å². The van der Waals surface area contributed by atoms with E-state index in [0.29, 0.717) is 16.9 Å². The maximum atomic E-state index is 3.43. The summed E-state index contributed by atoms with van der Waals surface area (Å²) in [4.78, 5) is 2.68. The van der Waals surface area contributed by atoms with Gasteiger partial charge in [0, 0.05) is 19.1 Å². The summed E-state index contributed by atoms with van der Waals surface area (Å²) in [7, 11) is 0. The maximum Gasteiger partial charge on any atom is 0.0115 e. The highest BCUT2D eigenvalue weighted by Crippen LogP contribution is 2.37. The molecular weight excluding hydrogens is 184 g/mol. The molecule has 0 bridgehead atoms. The van der Waals surface area contributed by atoms with Gasteiger partial charge in [0.15, 0.2) is 0 Å². The van der Waals surface area contributed by atoms with Crippen LogP contribution in [0.4, 0.5) is 0 Å². The second kappa shape index (κ2) is 3.74. The highest BCUT2D eigenvalue weighted by atomic mass is 15.2. The third-order valence-corrected chi connectivity index (χ3v) is 4.66. The van der Waals surface area contributed by atoms with Crippen LogP contribution in [0, 0.1) is 10.8 Å². The van der Waals surface area contributed by atoms with Crippen molar-refractivity contribution < 1.29 is 0 Å². The quantitative estimate of drug-likeness (QED) is 0.713. The SMILES string of the molecule is C[C@H](N1CCC2(CC1)CNC2)C(C)(C)C. The summed E-state index contributed by atoms with van der Waals surface area (Å²) in [5.74, 6) is 0. The minimum absolute atomic E-state index is 0.419. The zero-order valence-corrected chi connectivity index (χ0v) is 10.8. The van der Waals surface area contributed by atoms with Crippen LogP contribution in [0.15, 0.2) is 0 Å². The molecular formula is C13H26N2. The van der Waals surface area contributed by atoms with Crippen molar-refractivity contribution in [2.24, 2.45) is 10.8 Å². The Labute approximate surface area is 94.4 Å². The van der Waals surface area contributed by atoms with E-state index in [2.05, 4.69) is 37.9 Å². The van der Waals surface area contributed by atoms with Gasteiger partial charge in [-0.3, -0.25) is 0 Å². The number of likely N-dealkylation sites (tertiary alicyclic amines) is 1. The molecule has 1 N–H and O–H groups in total. The van der Waals surface area contributed by atoms with E-state index >= 15 is 0 Å². The van der Waals surface area contributed by atoms with Gasteiger partial charge in [0.25, 0.3) is 0 Å². The summed E-state index contributed by atoms with van der Waals surface area (Å²) in [5, 5.41) is 3.43. The Bertz CT molecular complexity index is 215. The average molecular weight is 210 g/mol. The first-order chi connectivity index (χ1) is 6.93. The van der Waals surface area contributed by atoms with Crippen molar-refractivity contribution >= 4 is 0 Å². The summed E-state index contributed by atoms with van der Waals surface area (Å²) in [6.07, 6.45) is 2.81. The molecule has 0 aromatic rings. The van der Waals surface area contributed by atoms with Crippen molar-refractivity contribution in [3.63, 3.8) is 0 Å². The predicted molar refractivity (Wildman–Crippen MR) is 65.0 cm³/mol. The molecule has 2 heteroatoms. The summed E-state index contributed by atoms with van der Waals surface area (Å²) >= 11 is 0. The number of piperidine rings is 1. The van der Waals surface area contributed by atoms with Gasteiger partial charge in [-0.15, -0.1) is 0 Å². The Kier molecular flexibility index (Phi) is 2.85. The van der Waals surface area contributed by atoms with E-state index in [9.17, 15) is 0 Å². The van der Waals surface area contributed by atoms with Gasteiger partial charge in [-0.25, -0.2) is 0 Å². The fraction of sp³-hybridized carbons (Fsp3) is 1.00. The summed E-state index contributed by atoms with van der Waals surface area (Å²) in [6, 6.07) is 0.711. The van der Waals surface area contributed by atoms with Gasteiger partial charge in [-0.1, -0.05) is 20.8 Å². The molecule has 1 spiro atoms. The number of nitrogens with zero attached hydrogens (tertiary/aromatic N) is 1. The molecule has 2 aliphatic rings. The predicted octanol–water partition coefficient (Wildman–Crippen LogP) is 2.11. The number of rotatable bonds is 1. The van der Waals surface area contributed by atoms with Crippen LogP contribution < -0.4 is 5.32 Å². The monoisotopic (exact) mass is 210 g/mol. The molecule has 0 aromatic carbocycles. The number of hydrogen-bond acceptors (Lipinski definition) is 2. The van der Waals surface area contributed by atoms with Crippen LogP contribution in [0.5, 0.6) is 0 Å². The van der Waals surface area contributed by atoms with E-state index in [1.807, 2.05) is 0 Å². The molecule has 15 heavy (non-hydrogen) atoms. The Hall–Kier alpha value is -0.0800. The van der Waals surface area contributed by atoms with Gasteiger partial charge in [0.2, 0.25) is 0 Å². The molecule has 88 valence electrons. The van der Waals surface area contributed by atoms with E-state index in [0.717, 1.165) is 0 Å². The lowest BCUT2D eigenvalue weighted by Gasteiger charge is -2.51. The molecule has 0 amide bonds. The zero-order chi connectivity index (χ0) is 11.1. The first kappa shape index (κ1) is 11.4. The highest BCUT2D eigenvalue weighted by Gasteiger charge is 2.41. The van der Waals surface area contributed by atoms with Crippen molar-refractivity contribution in [2.45, 2.75) is 46.6 Å². The van der Waals surface area contributed by atoms with Crippen LogP contribution in [0.1, 0.15) is 40.5 Å². The smallest absolute Gasteiger partial charge is 0.0115 e. The fourth-order valence-electron chi connectivity index (χ4n) is 2.77. The van der Waals surface area contributed by atoms with Crippen LogP contribution in [0.2, 0.25) is 0 Å². The van der Waals surface area contributed by atoms with Crippen LogP contribution in [-0.4, -0.2) is 37.1 Å². The van der Waals surface area contributed by atoms with Crippen LogP contribution in [0.25, 0.3) is 0 Å². The second-order valence-corrected chi connectivity index (χ2v) is 6.68. The molecule has 2 fully saturated rings. The van der Waals surface area contributed by atoms with E-state index in [1.165, 1.54) is 39.0 Å². The number of nitrogens with one attached hydrogen (secondary N) is 1. The van der Waals surface area contributed by atoms with E-state index in [-0.39, 0.29) is 0 Å². The van der Waals surface area contributed by atoms with Gasteiger partial charge in [0.1, 0.15) is 0 Å². The summed E-state index contributed by atoms with van der Waals surface area (Å²) < 4.78 is 0. The van der Waals surface area contributed by atoms with E-state index < -0.39 is 0 Å². The lowest BCUT2D eigenvalue weighted by molar-refractivity contribution is 0.0119. The molecule has 2 saturated heterocycles. The third-order valence-electron chi connectivity index (χ3n) is 4.66. The molecule has 2 heterocycles. The standard InChI is InChI=1S/C13H26N2/c1-11(12(2,3)4)15-7-5-13(6-8-15)9-14-10-13/h11,14H,5-10H2,1-4H3/t11-/m0/s1. The first-order valence-electron chi connectivity index (χ1n) is 6.38. The summed E-state index contributed by atoms with van der Waals surface area (Å²) in [5.41, 5.74) is 1.11. The average Bonchev–Trinajstić information content (AvgIpc) is 2.13. The molecule has 1 atom stereocenters. The fourth-order valence-corrected chi connectivity index (χ4v) is 2.77. The minimum atomic E-state index is 0.419. The van der Waals surface area contributed by atoms with Crippen molar-refractivity contribution in [1.82, 2.24) is 10.2 Å². The topological polar surface area (TPSA) is 15.3 Å². The lowest BCUT2D eigenvalue weighted by atomic mass is 9.72. The normalized spacial score (nSPS) is 28.8. The van der Waals surface area contributed by atoms with Crippen molar-refractivity contribution in [3.8, 4) is 0 Å². The number of hydrogen-bond donors (Lipinski definition) is 1. The molecule has 2 rings (SSSR count). The third kappa shape index (κ3) is 2.21. The van der Waals surface area contributed by atoms with Crippen molar-refractivity contribution in [1.29, 1.82) is 0 Å². The minimum Gasteiger partial charge on any atom is -0.316 e. The van der Waals surface area contributed by atoms with Gasteiger partial charge in [0.05, 0.1) is 0 Å². The van der Waals surface area contributed by atoms with Crippen molar-refractivity contribution in [2.75, 3.05) is 26.2 Å². The first-order valence-corrected chi connectivity index (χ1v) is 6.38. The highest BCUT2D eigenvalue weighted by molar-refractivity contribution is 4.97. The van der Waals surface area contributed by atoms with Gasteiger partial charge < -0.3 is 10.2 Å². The molecule has 2 nitrogen and oxygen atoms in total. The molecule has 0 aromatic heterocycles. The molecule has 0 aliphatic carbocycles. The van der Waals surface area contributed by atoms with Gasteiger partial charge in [-0.05, 0) is 43.7 Å². The van der Waals surface area contributed by atoms with Crippen LogP contribution in [-0.2, 0) is 0 Å². The maximum absolute atomic E-state index is 3.43. The second-order valence-electron chi connectivity index (χ2n) is 6.68. The Morgan fingerprint density at radius 2 is 1.67 bits per heavy atom. The Morgan fingerprint density at radius 3 is 2.00 bits per heavy atom. The van der Waals surface area contributed by atoms with Crippen LogP contribution in [0.3, 0.4) is 0 Å². The Morgan fingerprint density at radius 1 is 1.13 bits per heavy atom. The zero-order valence-electron chi connectivity index (χ0n) is 10.8. The van der Waals surface area contributed by atoms with Crippen LogP contribution >= 0.6 is 0 Å². The van der Waals surface area contributed by atoms with Gasteiger partial charge >= 0.3 is 0 Å². The molecule has 0 radical (unpaired) electrons. The lowest BCUT2D eigenvalue weighted by Crippen LogP contribution is -2.59. The summed E-state index contributed by atoms with van der Waals surface area (Å²) in [6.45, 7) is 14.6.